The Bertz CT molecular complexity index is 416. The molecule has 1 aromatic rings. The van der Waals surface area contributed by atoms with Gasteiger partial charge in [-0.25, -0.2) is 0 Å². The highest BCUT2D eigenvalue weighted by molar-refractivity contribution is 5.41. The van der Waals surface area contributed by atoms with Gasteiger partial charge in [-0.15, -0.1) is 0 Å². The van der Waals surface area contributed by atoms with Crippen LogP contribution < -0.4 is 10.1 Å². The number of rotatable bonds is 5. The van der Waals surface area contributed by atoms with Gasteiger partial charge in [0.2, 0.25) is 0 Å². The molecule has 0 spiro atoms. The first-order chi connectivity index (χ1) is 8.54. The van der Waals surface area contributed by atoms with E-state index in [9.17, 15) is 5.11 Å². The van der Waals surface area contributed by atoms with Crippen molar-refractivity contribution in [2.75, 3.05) is 26.9 Å². The molecule has 0 radical (unpaired) electrons. The summed E-state index contributed by atoms with van der Waals surface area (Å²) in [7, 11) is 1.63. The summed E-state index contributed by atoms with van der Waals surface area (Å²) in [5, 5.41) is 13.3. The summed E-state index contributed by atoms with van der Waals surface area (Å²) in [6.45, 7) is 6.72. The van der Waals surface area contributed by atoms with Crippen molar-refractivity contribution in [2.24, 2.45) is 5.41 Å². The van der Waals surface area contributed by atoms with Crippen molar-refractivity contribution in [3.8, 4) is 11.5 Å². The third-order valence-corrected chi connectivity index (χ3v) is 3.44. The number of hydrogen-bond donors (Lipinski definition) is 2. The molecule has 18 heavy (non-hydrogen) atoms. The average molecular weight is 251 g/mol. The van der Waals surface area contributed by atoms with Gasteiger partial charge in [-0.05, 0) is 25.1 Å². The maximum atomic E-state index is 9.88. The van der Waals surface area contributed by atoms with Crippen molar-refractivity contribution in [3.63, 3.8) is 0 Å². The lowest BCUT2D eigenvalue weighted by molar-refractivity contribution is -0.0999. The molecule has 1 heterocycles. The zero-order valence-corrected chi connectivity index (χ0v) is 11.2. The zero-order chi connectivity index (χ0) is 13.2. The largest absolute Gasteiger partial charge is 0.508 e. The molecule has 0 bridgehead atoms. The van der Waals surface area contributed by atoms with Crippen LogP contribution >= 0.6 is 0 Å². The minimum absolute atomic E-state index is 0.0810. The third-order valence-electron chi connectivity index (χ3n) is 3.44. The van der Waals surface area contributed by atoms with E-state index in [-0.39, 0.29) is 11.5 Å². The zero-order valence-electron chi connectivity index (χ0n) is 11.2. The first-order valence-corrected chi connectivity index (χ1v) is 6.22. The SMILES string of the molecule is COc1ccc(O)c(C(C)NCC2(C)COC2)c1. The fraction of sp³-hybridized carbons (Fsp3) is 0.571. The molecule has 2 rings (SSSR count). The van der Waals surface area contributed by atoms with Crippen molar-refractivity contribution in [1.82, 2.24) is 5.32 Å². The minimum Gasteiger partial charge on any atom is -0.508 e. The Hall–Kier alpha value is -1.26. The lowest BCUT2D eigenvalue weighted by atomic mass is 9.88. The highest BCUT2D eigenvalue weighted by atomic mass is 16.5. The van der Waals surface area contributed by atoms with Gasteiger partial charge < -0.3 is 19.9 Å². The Morgan fingerprint density at radius 3 is 2.78 bits per heavy atom. The van der Waals surface area contributed by atoms with Gasteiger partial charge in [0.1, 0.15) is 11.5 Å². The topological polar surface area (TPSA) is 50.7 Å². The minimum atomic E-state index is 0.0810. The predicted molar refractivity (Wildman–Crippen MR) is 70.0 cm³/mol. The third kappa shape index (κ3) is 2.76. The molecule has 0 aromatic heterocycles. The van der Waals surface area contributed by atoms with E-state index >= 15 is 0 Å². The molecule has 1 fully saturated rings. The van der Waals surface area contributed by atoms with Gasteiger partial charge in [-0.2, -0.15) is 0 Å². The van der Waals surface area contributed by atoms with Gasteiger partial charge in [-0.1, -0.05) is 6.92 Å². The van der Waals surface area contributed by atoms with Crippen LogP contribution in [0.25, 0.3) is 0 Å². The summed E-state index contributed by atoms with van der Waals surface area (Å²) in [5.41, 5.74) is 1.08. The van der Waals surface area contributed by atoms with Crippen LogP contribution in [0.5, 0.6) is 11.5 Å². The fourth-order valence-electron chi connectivity index (χ4n) is 2.07. The van der Waals surface area contributed by atoms with Gasteiger partial charge in [0.05, 0.1) is 20.3 Å². The summed E-state index contributed by atoms with van der Waals surface area (Å²) in [4.78, 5) is 0. The van der Waals surface area contributed by atoms with Crippen molar-refractivity contribution < 1.29 is 14.6 Å². The quantitative estimate of drug-likeness (QED) is 0.841. The number of phenolic OH excluding ortho intramolecular Hbond substituents is 1. The van der Waals surface area contributed by atoms with Gasteiger partial charge in [0.25, 0.3) is 0 Å². The van der Waals surface area contributed by atoms with Crippen LogP contribution in [0.2, 0.25) is 0 Å². The van der Waals surface area contributed by atoms with Crippen molar-refractivity contribution in [1.29, 1.82) is 0 Å². The van der Waals surface area contributed by atoms with Gasteiger partial charge in [-0.3, -0.25) is 0 Å². The Kier molecular flexibility index (Phi) is 3.78. The molecule has 1 unspecified atom stereocenters. The summed E-state index contributed by atoms with van der Waals surface area (Å²) in [6.07, 6.45) is 0. The Morgan fingerprint density at radius 2 is 2.22 bits per heavy atom. The Balaban J connectivity index is 2.01. The molecule has 1 atom stereocenters. The van der Waals surface area contributed by atoms with E-state index in [2.05, 4.69) is 12.2 Å². The second-order valence-corrected chi connectivity index (χ2v) is 5.33. The highest BCUT2D eigenvalue weighted by Crippen LogP contribution is 2.30. The smallest absolute Gasteiger partial charge is 0.120 e. The molecule has 4 heteroatoms. The monoisotopic (exact) mass is 251 g/mol. The summed E-state index contributed by atoms with van der Waals surface area (Å²) >= 11 is 0. The fourth-order valence-corrected chi connectivity index (χ4v) is 2.07. The van der Waals surface area contributed by atoms with Gasteiger partial charge in [0.15, 0.2) is 0 Å². The van der Waals surface area contributed by atoms with Crippen LogP contribution in [0.3, 0.4) is 0 Å². The molecule has 1 aromatic carbocycles. The molecule has 0 aliphatic carbocycles. The number of nitrogens with one attached hydrogen (secondary N) is 1. The standard InChI is InChI=1S/C14H21NO3/c1-10(15-7-14(2)8-18-9-14)12-6-11(17-3)4-5-13(12)16/h4-6,10,15-16H,7-9H2,1-3H3. The van der Waals surface area contributed by atoms with E-state index in [1.807, 2.05) is 13.0 Å². The van der Waals surface area contributed by atoms with E-state index < -0.39 is 0 Å². The highest BCUT2D eigenvalue weighted by Gasteiger charge is 2.33. The first kappa shape index (κ1) is 13.2. The van der Waals surface area contributed by atoms with Crippen LogP contribution in [0.1, 0.15) is 25.5 Å². The van der Waals surface area contributed by atoms with E-state index in [4.69, 9.17) is 9.47 Å². The van der Waals surface area contributed by atoms with E-state index in [1.54, 1.807) is 19.2 Å². The van der Waals surface area contributed by atoms with E-state index in [0.717, 1.165) is 31.1 Å². The van der Waals surface area contributed by atoms with Gasteiger partial charge >= 0.3 is 0 Å². The number of phenols is 1. The molecule has 1 aliphatic heterocycles. The molecular formula is C14H21NO3. The number of methoxy groups -OCH3 is 1. The number of aromatic hydroxyl groups is 1. The van der Waals surface area contributed by atoms with Crippen LogP contribution in [0, 0.1) is 5.41 Å². The average Bonchev–Trinajstić information content (AvgIpc) is 2.34. The first-order valence-electron chi connectivity index (χ1n) is 6.22. The molecule has 1 saturated heterocycles. The maximum Gasteiger partial charge on any atom is 0.120 e. The second kappa shape index (κ2) is 5.16. The molecule has 2 N–H and O–H groups in total. The molecule has 0 saturated carbocycles. The van der Waals surface area contributed by atoms with E-state index in [0.29, 0.717) is 5.75 Å². The summed E-state index contributed by atoms with van der Waals surface area (Å²) in [5.74, 6) is 1.06. The molecular weight excluding hydrogens is 230 g/mol. The van der Waals surface area contributed by atoms with Crippen LogP contribution in [0.4, 0.5) is 0 Å². The predicted octanol–water partition coefficient (Wildman–Crippen LogP) is 2.09. The molecule has 4 nitrogen and oxygen atoms in total. The van der Waals surface area contributed by atoms with Gasteiger partial charge in [0, 0.05) is 23.6 Å². The summed E-state index contributed by atoms with van der Waals surface area (Å²) < 4.78 is 10.4. The normalized spacial score (nSPS) is 19.1. The van der Waals surface area contributed by atoms with Crippen molar-refractivity contribution in [2.45, 2.75) is 19.9 Å². The lowest BCUT2D eigenvalue weighted by Gasteiger charge is -2.39. The molecule has 0 amide bonds. The van der Waals surface area contributed by atoms with Crippen LogP contribution in [-0.2, 0) is 4.74 Å². The van der Waals surface area contributed by atoms with Crippen molar-refractivity contribution >= 4 is 0 Å². The maximum absolute atomic E-state index is 9.88. The second-order valence-electron chi connectivity index (χ2n) is 5.33. The molecule has 100 valence electrons. The Morgan fingerprint density at radius 1 is 1.50 bits per heavy atom. The molecule has 1 aliphatic rings. The Labute approximate surface area is 108 Å². The van der Waals surface area contributed by atoms with Crippen molar-refractivity contribution in [3.05, 3.63) is 23.8 Å². The summed E-state index contributed by atoms with van der Waals surface area (Å²) in [6, 6.07) is 5.37. The van der Waals surface area contributed by atoms with Crippen LogP contribution in [0.15, 0.2) is 18.2 Å². The number of hydrogen-bond acceptors (Lipinski definition) is 4. The number of ether oxygens (including phenoxy) is 2. The lowest BCUT2D eigenvalue weighted by Crippen LogP contribution is -2.47. The number of benzene rings is 1. The van der Waals surface area contributed by atoms with Crippen LogP contribution in [-0.4, -0.2) is 32.0 Å². The van der Waals surface area contributed by atoms with E-state index in [1.165, 1.54) is 0 Å².